The normalized spacial score (nSPS) is 28.9. The summed E-state index contributed by atoms with van der Waals surface area (Å²) in [6, 6.07) is 4.79. The largest absolute Gasteiger partial charge is 0.486 e. The number of fused-ring (bicyclic) bond motifs is 1. The van der Waals surface area contributed by atoms with Gasteiger partial charge in [-0.25, -0.2) is 0 Å². The molecular weight excluding hydrogens is 322 g/mol. The van der Waals surface area contributed by atoms with E-state index in [0.717, 1.165) is 5.56 Å². The van der Waals surface area contributed by atoms with Crippen LogP contribution >= 0.6 is 0 Å². The van der Waals surface area contributed by atoms with E-state index in [1.165, 1.54) is 0 Å². The second kappa shape index (κ2) is 6.16. The fourth-order valence-corrected chi connectivity index (χ4v) is 3.55. The summed E-state index contributed by atoms with van der Waals surface area (Å²) in [7, 11) is 0. The highest BCUT2D eigenvalue weighted by Crippen LogP contribution is 2.31. The number of rotatable bonds is 3. The second-order valence-electron chi connectivity index (χ2n) is 6.76. The Hall–Kier alpha value is -2.38. The minimum Gasteiger partial charge on any atom is -0.486 e. The predicted molar refractivity (Wildman–Crippen MR) is 89.8 cm³/mol. The van der Waals surface area contributed by atoms with Crippen LogP contribution in [0.5, 0.6) is 5.75 Å². The van der Waals surface area contributed by atoms with E-state index in [9.17, 15) is 9.59 Å². The number of nitrogens with two attached hydrogens (primary N) is 1. The number of nitrogens with zero attached hydrogens (tertiary/aromatic N) is 1. The first kappa shape index (κ1) is 16.1. The zero-order valence-electron chi connectivity index (χ0n) is 13.9. The lowest BCUT2D eigenvalue weighted by atomic mass is 10.0. The number of carbonyl (C=O) groups is 2. The number of ether oxygens (including phenoxy) is 2. The molecule has 3 N–H and O–H groups in total. The Morgan fingerprint density at radius 1 is 1.32 bits per heavy atom. The minimum absolute atomic E-state index is 0.116. The van der Waals surface area contributed by atoms with Crippen LogP contribution in [0.4, 0.5) is 0 Å². The molecule has 1 aromatic carbocycles. The quantitative estimate of drug-likeness (QED) is 0.835. The number of allylic oxidation sites excluding steroid dienone is 1. The van der Waals surface area contributed by atoms with Crippen LogP contribution in [-0.2, 0) is 16.1 Å². The molecule has 4 rings (SSSR count). The van der Waals surface area contributed by atoms with Gasteiger partial charge >= 0.3 is 0 Å². The van der Waals surface area contributed by atoms with Crippen molar-refractivity contribution in [1.82, 2.24) is 10.2 Å². The topological polar surface area (TPSA) is 93.9 Å². The van der Waals surface area contributed by atoms with E-state index in [1.807, 2.05) is 6.07 Å². The second-order valence-corrected chi connectivity index (χ2v) is 6.76. The Kier molecular flexibility index (Phi) is 3.97. The van der Waals surface area contributed by atoms with Crippen molar-refractivity contribution >= 4 is 11.8 Å². The van der Waals surface area contributed by atoms with Crippen molar-refractivity contribution in [3.8, 4) is 5.75 Å². The molecule has 2 amide bonds. The first-order valence-corrected chi connectivity index (χ1v) is 8.45. The van der Waals surface area contributed by atoms with Gasteiger partial charge in [0.05, 0.1) is 19.3 Å². The molecule has 0 aromatic heterocycles. The molecule has 3 heterocycles. The molecule has 3 aliphatic heterocycles. The van der Waals surface area contributed by atoms with Crippen molar-refractivity contribution in [2.45, 2.75) is 37.6 Å². The van der Waals surface area contributed by atoms with E-state index in [2.05, 4.69) is 11.9 Å². The third kappa shape index (κ3) is 2.89. The molecule has 2 saturated heterocycles. The lowest BCUT2D eigenvalue weighted by Crippen LogP contribution is -2.49. The molecule has 0 radical (unpaired) electrons. The number of hydrogen-bond donors (Lipinski definition) is 2. The molecule has 0 aliphatic carbocycles. The number of amides is 2. The van der Waals surface area contributed by atoms with Gasteiger partial charge < -0.3 is 25.4 Å². The van der Waals surface area contributed by atoms with Crippen LogP contribution < -0.4 is 15.8 Å². The number of hydrogen-bond acceptors (Lipinski definition) is 5. The van der Waals surface area contributed by atoms with Gasteiger partial charge in [0.2, 0.25) is 5.91 Å². The van der Waals surface area contributed by atoms with Crippen LogP contribution in [0.25, 0.3) is 0 Å². The van der Waals surface area contributed by atoms with E-state index < -0.39 is 6.04 Å². The van der Waals surface area contributed by atoms with Gasteiger partial charge in [0.1, 0.15) is 17.9 Å². The zero-order chi connectivity index (χ0) is 17.6. The third-order valence-corrected chi connectivity index (χ3v) is 4.96. The van der Waals surface area contributed by atoms with Gasteiger partial charge in [-0.2, -0.15) is 0 Å². The molecule has 132 valence electrons. The molecule has 3 atom stereocenters. The molecule has 3 aliphatic rings. The van der Waals surface area contributed by atoms with E-state index >= 15 is 0 Å². The maximum atomic E-state index is 12.7. The smallest absolute Gasteiger partial charge is 0.255 e. The fourth-order valence-electron chi connectivity index (χ4n) is 3.55. The van der Waals surface area contributed by atoms with Crippen molar-refractivity contribution < 1.29 is 19.1 Å². The zero-order valence-corrected chi connectivity index (χ0v) is 13.9. The van der Waals surface area contributed by atoms with Gasteiger partial charge in [0.15, 0.2) is 0 Å². The highest BCUT2D eigenvalue weighted by molar-refractivity contribution is 6.01. The lowest BCUT2D eigenvalue weighted by molar-refractivity contribution is -0.126. The first-order chi connectivity index (χ1) is 12.0. The van der Waals surface area contributed by atoms with Crippen molar-refractivity contribution in [2.75, 3.05) is 13.2 Å². The molecule has 7 heteroatoms. The van der Waals surface area contributed by atoms with Gasteiger partial charge in [0.25, 0.3) is 5.91 Å². The van der Waals surface area contributed by atoms with Crippen molar-refractivity contribution in [3.05, 3.63) is 41.6 Å². The maximum Gasteiger partial charge on any atom is 0.255 e. The number of carbonyl (C=O) groups excluding carboxylic acids is 2. The SMILES string of the molecule is C=C1CCC(N2Cc3cc(OC4COCC4N)ccc3C2=O)C(=O)N1. The Morgan fingerprint density at radius 2 is 2.16 bits per heavy atom. The van der Waals surface area contributed by atoms with Crippen molar-refractivity contribution in [3.63, 3.8) is 0 Å². The van der Waals surface area contributed by atoms with Crippen LogP contribution in [0, 0.1) is 0 Å². The summed E-state index contributed by atoms with van der Waals surface area (Å²) in [4.78, 5) is 26.5. The van der Waals surface area contributed by atoms with Gasteiger partial charge in [0, 0.05) is 17.8 Å². The highest BCUT2D eigenvalue weighted by Gasteiger charge is 2.38. The van der Waals surface area contributed by atoms with E-state index in [4.69, 9.17) is 15.2 Å². The summed E-state index contributed by atoms with van der Waals surface area (Å²) in [5.41, 5.74) is 8.14. The van der Waals surface area contributed by atoms with E-state index in [1.54, 1.807) is 17.0 Å². The summed E-state index contributed by atoms with van der Waals surface area (Å²) in [5, 5.41) is 2.74. The van der Waals surface area contributed by atoms with E-state index in [-0.39, 0.29) is 24.0 Å². The van der Waals surface area contributed by atoms with Crippen LogP contribution in [0.3, 0.4) is 0 Å². The summed E-state index contributed by atoms with van der Waals surface area (Å²) >= 11 is 0. The lowest BCUT2D eigenvalue weighted by Gasteiger charge is -2.30. The van der Waals surface area contributed by atoms with Gasteiger partial charge in [-0.3, -0.25) is 9.59 Å². The summed E-state index contributed by atoms with van der Waals surface area (Å²) in [6.07, 6.45) is 1.10. The standard InChI is InChI=1S/C18H21N3O4/c1-10-2-5-15(17(22)20-10)21-7-11-6-12(3-4-13(11)18(21)23)25-16-9-24-8-14(16)19/h3-4,6,14-16H,1-2,5,7-9,19H2,(H,20,22). The van der Waals surface area contributed by atoms with E-state index in [0.29, 0.717) is 49.6 Å². The Labute approximate surface area is 145 Å². The first-order valence-electron chi connectivity index (χ1n) is 8.45. The average molecular weight is 343 g/mol. The molecule has 3 unspecified atom stereocenters. The highest BCUT2D eigenvalue weighted by atomic mass is 16.5. The molecule has 0 bridgehead atoms. The minimum atomic E-state index is -0.452. The molecular formula is C18H21N3O4. The van der Waals surface area contributed by atoms with Crippen LogP contribution in [0.1, 0.15) is 28.8 Å². The molecule has 0 saturated carbocycles. The van der Waals surface area contributed by atoms with Gasteiger partial charge in [-0.15, -0.1) is 0 Å². The van der Waals surface area contributed by atoms with Gasteiger partial charge in [-0.05, 0) is 36.6 Å². The Morgan fingerprint density at radius 3 is 2.88 bits per heavy atom. The molecule has 7 nitrogen and oxygen atoms in total. The van der Waals surface area contributed by atoms with Crippen LogP contribution in [-0.4, -0.2) is 48.1 Å². The number of nitrogens with one attached hydrogen (secondary N) is 1. The van der Waals surface area contributed by atoms with Gasteiger partial charge in [-0.1, -0.05) is 6.58 Å². The summed E-state index contributed by atoms with van der Waals surface area (Å²) in [6.45, 7) is 5.14. The fraction of sp³-hybridized carbons (Fsp3) is 0.444. The van der Waals surface area contributed by atoms with Crippen LogP contribution in [0.15, 0.2) is 30.5 Å². The van der Waals surface area contributed by atoms with Crippen LogP contribution in [0.2, 0.25) is 0 Å². The molecule has 2 fully saturated rings. The van der Waals surface area contributed by atoms with Crippen molar-refractivity contribution in [1.29, 1.82) is 0 Å². The molecule has 0 spiro atoms. The van der Waals surface area contributed by atoms with Crippen molar-refractivity contribution in [2.24, 2.45) is 5.73 Å². The molecule has 1 aromatic rings. The Bertz CT molecular complexity index is 748. The number of piperidine rings is 1. The third-order valence-electron chi connectivity index (χ3n) is 4.96. The monoisotopic (exact) mass is 343 g/mol. The average Bonchev–Trinajstić information content (AvgIpc) is 3.12. The summed E-state index contributed by atoms with van der Waals surface area (Å²) in [5.74, 6) is 0.388. The summed E-state index contributed by atoms with van der Waals surface area (Å²) < 4.78 is 11.2. The predicted octanol–water partition coefficient (Wildman–Crippen LogP) is 0.540. The number of benzene rings is 1. The maximum absolute atomic E-state index is 12.7. The molecule has 25 heavy (non-hydrogen) atoms. The Balaban J connectivity index is 1.51.